The first-order valence-electron chi connectivity index (χ1n) is 15.7. The Labute approximate surface area is 271 Å². The molecule has 0 atom stereocenters. The Morgan fingerprint density at radius 1 is 0.468 bits per heavy atom. The molecule has 0 aliphatic rings. The highest BCUT2D eigenvalue weighted by molar-refractivity contribution is 6.96. The van der Waals surface area contributed by atoms with Crippen LogP contribution in [0.2, 0.25) is 0 Å². The highest BCUT2D eigenvalue weighted by Gasteiger charge is 2.28. The third-order valence-electron chi connectivity index (χ3n) is 9.17. The summed E-state index contributed by atoms with van der Waals surface area (Å²) in [4.78, 5) is 13.6. The first-order chi connectivity index (χ1) is 23.3. The normalized spacial score (nSPS) is 11.4. The molecule has 0 unspecified atom stereocenters. The Kier molecular flexibility index (Phi) is 6.22. The molecule has 5 nitrogen and oxygen atoms in total. The van der Waals surface area contributed by atoms with Gasteiger partial charge >= 0.3 is 0 Å². The molecule has 9 aromatic rings. The number of aromatic nitrogens is 4. The summed E-state index contributed by atoms with van der Waals surface area (Å²) in [6.45, 7) is 8.21. The third-order valence-corrected chi connectivity index (χ3v) is 9.17. The molecule has 0 bridgehead atoms. The highest BCUT2D eigenvalue weighted by atomic mass is 15.1. The van der Waals surface area contributed by atoms with Crippen molar-refractivity contribution < 1.29 is 0 Å². The number of rotatable bonds is 5. The predicted molar refractivity (Wildman–Crippen MR) is 195 cm³/mol. The van der Waals surface area contributed by atoms with Crippen molar-refractivity contribution in [1.82, 2.24) is 19.1 Å². The maximum absolute atomic E-state index is 8.40. The Hall–Kier alpha value is -6.45. The second-order valence-corrected chi connectivity index (χ2v) is 11.7. The van der Waals surface area contributed by atoms with Crippen molar-refractivity contribution in [2.45, 2.75) is 0 Å². The standard InChI is InChI=1S/C41H26BN5/c1-43-35-26-33-31-16-6-8-18-37(31)47(41-20-10-12-24-45-41)39(33)27-34(35)42(28-13-3-2-4-14-28)29-21-22-32-30-15-5-7-17-36(30)46(38(32)25-29)40-19-9-11-23-44-40/h2-27H. The summed E-state index contributed by atoms with van der Waals surface area (Å²) in [7, 11) is 0. The lowest BCUT2D eigenvalue weighted by atomic mass is 9.36. The average molecular weight is 600 g/mol. The monoisotopic (exact) mass is 599 g/mol. The van der Waals surface area contributed by atoms with Gasteiger partial charge in [0.25, 0.3) is 0 Å². The van der Waals surface area contributed by atoms with Gasteiger partial charge in [-0.2, -0.15) is 0 Å². The summed E-state index contributed by atoms with van der Waals surface area (Å²) in [5.41, 5.74) is 8.10. The van der Waals surface area contributed by atoms with Gasteiger partial charge in [0.2, 0.25) is 6.71 Å². The average Bonchev–Trinajstić information content (AvgIpc) is 3.64. The molecule has 0 spiro atoms. The SMILES string of the molecule is [C-]#[N+]c1cc2c3ccccc3n(-c3ccccn3)c2cc1B(c1ccccc1)c1ccc2c3ccccc3n(-c3ccccn3)c2c1. The van der Waals surface area contributed by atoms with Gasteiger partial charge < -0.3 is 0 Å². The molecule has 0 aliphatic carbocycles. The number of pyridine rings is 2. The molecule has 0 radical (unpaired) electrons. The number of benzene rings is 5. The second kappa shape index (κ2) is 10.9. The zero-order valence-corrected chi connectivity index (χ0v) is 25.3. The van der Waals surface area contributed by atoms with Gasteiger partial charge in [0.1, 0.15) is 11.6 Å². The topological polar surface area (TPSA) is 40.0 Å². The van der Waals surface area contributed by atoms with E-state index in [0.29, 0.717) is 5.69 Å². The third kappa shape index (κ3) is 4.25. The summed E-state index contributed by atoms with van der Waals surface area (Å²) < 4.78 is 4.46. The minimum absolute atomic E-state index is 0.195. The van der Waals surface area contributed by atoms with Gasteiger partial charge in [-0.25, -0.2) is 14.8 Å². The van der Waals surface area contributed by atoms with E-state index in [-0.39, 0.29) is 6.71 Å². The van der Waals surface area contributed by atoms with E-state index in [1.54, 1.807) is 0 Å². The van der Waals surface area contributed by atoms with E-state index >= 15 is 0 Å². The van der Waals surface area contributed by atoms with Crippen LogP contribution in [-0.4, -0.2) is 25.8 Å². The van der Waals surface area contributed by atoms with E-state index in [0.717, 1.165) is 66.2 Å². The Morgan fingerprint density at radius 3 is 1.64 bits per heavy atom. The number of fused-ring (bicyclic) bond motifs is 6. The van der Waals surface area contributed by atoms with Gasteiger partial charge in [-0.15, -0.1) is 0 Å². The molecule has 0 aliphatic heterocycles. The maximum atomic E-state index is 8.40. The molecular weight excluding hydrogens is 573 g/mol. The van der Waals surface area contributed by atoms with Crippen molar-refractivity contribution in [3.05, 3.63) is 169 Å². The molecule has 5 aromatic carbocycles. The quantitative estimate of drug-likeness (QED) is 0.150. The van der Waals surface area contributed by atoms with Crippen molar-refractivity contribution in [2.24, 2.45) is 0 Å². The van der Waals surface area contributed by atoms with Gasteiger partial charge in [0.05, 0.1) is 28.6 Å². The van der Waals surface area contributed by atoms with E-state index < -0.39 is 0 Å². The largest absolute Gasteiger partial charge is 0.294 e. The van der Waals surface area contributed by atoms with Gasteiger partial charge in [0, 0.05) is 28.6 Å². The zero-order chi connectivity index (χ0) is 31.3. The first kappa shape index (κ1) is 26.9. The molecule has 9 rings (SSSR count). The van der Waals surface area contributed by atoms with Crippen molar-refractivity contribution in [3.63, 3.8) is 0 Å². The van der Waals surface area contributed by atoms with E-state index in [4.69, 9.17) is 16.5 Å². The number of hydrogen-bond donors (Lipinski definition) is 0. The molecule has 6 heteroatoms. The number of nitrogens with zero attached hydrogens (tertiary/aromatic N) is 5. The molecule has 0 saturated carbocycles. The van der Waals surface area contributed by atoms with Gasteiger partial charge in [-0.1, -0.05) is 113 Å². The molecule has 4 heterocycles. The van der Waals surface area contributed by atoms with Crippen LogP contribution in [0.15, 0.2) is 158 Å². The van der Waals surface area contributed by atoms with E-state index in [1.807, 2.05) is 48.8 Å². The summed E-state index contributed by atoms with van der Waals surface area (Å²) in [6.07, 6.45) is 3.66. The van der Waals surface area contributed by atoms with Crippen LogP contribution >= 0.6 is 0 Å². The molecule has 218 valence electrons. The fraction of sp³-hybridized carbons (Fsp3) is 0. The van der Waals surface area contributed by atoms with Gasteiger partial charge in [-0.3, -0.25) is 9.13 Å². The molecular formula is C41H26BN5. The predicted octanol–water partition coefficient (Wildman–Crippen LogP) is 7.74. The lowest BCUT2D eigenvalue weighted by molar-refractivity contribution is 1.08. The summed E-state index contributed by atoms with van der Waals surface area (Å²) in [5.74, 6) is 1.72. The summed E-state index contributed by atoms with van der Waals surface area (Å²) >= 11 is 0. The minimum Gasteiger partial charge on any atom is -0.294 e. The second-order valence-electron chi connectivity index (χ2n) is 11.7. The Balaban J connectivity index is 1.36. The fourth-order valence-electron chi connectivity index (χ4n) is 7.18. The van der Waals surface area contributed by atoms with Crippen LogP contribution in [0.4, 0.5) is 5.69 Å². The Bertz CT molecular complexity index is 2640. The molecule has 0 N–H and O–H groups in total. The Morgan fingerprint density at radius 2 is 1.02 bits per heavy atom. The van der Waals surface area contributed by atoms with Crippen molar-refractivity contribution in [3.8, 4) is 11.6 Å². The smallest absolute Gasteiger partial charge is 0.231 e. The van der Waals surface area contributed by atoms with E-state index in [2.05, 4.69) is 123 Å². The van der Waals surface area contributed by atoms with Crippen molar-refractivity contribution in [1.29, 1.82) is 0 Å². The molecule has 0 saturated heterocycles. The van der Waals surface area contributed by atoms with Crippen molar-refractivity contribution in [2.75, 3.05) is 0 Å². The summed E-state index contributed by atoms with van der Waals surface area (Å²) in [6, 6.07) is 50.4. The molecule has 0 fully saturated rings. The lowest BCUT2D eigenvalue weighted by Gasteiger charge is -2.19. The summed E-state index contributed by atoms with van der Waals surface area (Å²) in [5, 5.41) is 4.48. The van der Waals surface area contributed by atoms with Gasteiger partial charge in [0.15, 0.2) is 5.69 Å². The van der Waals surface area contributed by atoms with Gasteiger partial charge in [-0.05, 0) is 53.9 Å². The minimum atomic E-state index is -0.195. The van der Waals surface area contributed by atoms with Crippen LogP contribution in [0.3, 0.4) is 0 Å². The molecule has 47 heavy (non-hydrogen) atoms. The molecule has 0 amide bonds. The highest BCUT2D eigenvalue weighted by Crippen LogP contribution is 2.34. The van der Waals surface area contributed by atoms with Crippen LogP contribution in [-0.2, 0) is 0 Å². The van der Waals surface area contributed by atoms with Crippen LogP contribution in [0.5, 0.6) is 0 Å². The van der Waals surface area contributed by atoms with Crippen molar-refractivity contribution >= 4 is 72.4 Å². The van der Waals surface area contributed by atoms with Crippen LogP contribution in [0.1, 0.15) is 0 Å². The van der Waals surface area contributed by atoms with Crippen LogP contribution < -0.4 is 16.4 Å². The van der Waals surface area contributed by atoms with Crippen LogP contribution in [0.25, 0.3) is 60.1 Å². The molecule has 4 aromatic heterocycles. The van der Waals surface area contributed by atoms with E-state index in [1.165, 1.54) is 5.39 Å². The van der Waals surface area contributed by atoms with E-state index in [9.17, 15) is 0 Å². The number of hydrogen-bond acceptors (Lipinski definition) is 2. The fourth-order valence-corrected chi connectivity index (χ4v) is 7.18. The first-order valence-corrected chi connectivity index (χ1v) is 15.7. The zero-order valence-electron chi connectivity index (χ0n) is 25.3. The van der Waals surface area contributed by atoms with Crippen LogP contribution in [0, 0.1) is 6.57 Å². The number of para-hydroxylation sites is 2. The lowest BCUT2D eigenvalue weighted by Crippen LogP contribution is -2.52. The maximum Gasteiger partial charge on any atom is 0.231 e.